The Kier molecular flexibility index (Phi) is 3.48. The Balaban J connectivity index is 2.26. The van der Waals surface area contributed by atoms with Crippen LogP contribution in [0.1, 0.15) is 19.4 Å². The highest BCUT2D eigenvalue weighted by atomic mass is 16.5. The molecule has 17 heavy (non-hydrogen) atoms. The quantitative estimate of drug-likeness (QED) is 0.808. The molecule has 1 fully saturated rings. The molecule has 0 unspecified atom stereocenters. The molecule has 0 aliphatic carbocycles. The van der Waals surface area contributed by atoms with Crippen molar-refractivity contribution in [2.75, 3.05) is 19.7 Å². The maximum absolute atomic E-state index is 12.0. The molecule has 1 aromatic rings. The van der Waals surface area contributed by atoms with Gasteiger partial charge in [-0.3, -0.25) is 4.79 Å². The van der Waals surface area contributed by atoms with Gasteiger partial charge in [-0.25, -0.2) is 0 Å². The Morgan fingerprint density at radius 3 is 2.82 bits per heavy atom. The van der Waals surface area contributed by atoms with E-state index in [1.165, 1.54) is 5.56 Å². The van der Waals surface area contributed by atoms with E-state index >= 15 is 0 Å². The average Bonchev–Trinajstić information content (AvgIpc) is 2.74. The van der Waals surface area contributed by atoms with Crippen molar-refractivity contribution in [3.05, 3.63) is 35.9 Å². The zero-order valence-electron chi connectivity index (χ0n) is 10.4. The Hall–Kier alpha value is -1.35. The molecule has 2 atom stereocenters. The molecule has 1 aromatic carbocycles. The van der Waals surface area contributed by atoms with E-state index in [0.717, 1.165) is 6.54 Å². The lowest BCUT2D eigenvalue weighted by atomic mass is 9.74. The maximum Gasteiger partial charge on any atom is 0.311 e. The van der Waals surface area contributed by atoms with Crippen LogP contribution in [0.5, 0.6) is 0 Å². The summed E-state index contributed by atoms with van der Waals surface area (Å²) in [6.45, 7) is 5.94. The lowest BCUT2D eigenvalue weighted by molar-refractivity contribution is -0.149. The van der Waals surface area contributed by atoms with Crippen molar-refractivity contribution in [2.24, 2.45) is 5.92 Å². The maximum atomic E-state index is 12.0. The third-order valence-corrected chi connectivity index (χ3v) is 3.61. The zero-order valence-corrected chi connectivity index (χ0v) is 10.4. The van der Waals surface area contributed by atoms with Gasteiger partial charge < -0.3 is 10.1 Å². The lowest BCUT2D eigenvalue weighted by Crippen LogP contribution is -2.37. The highest BCUT2D eigenvalue weighted by molar-refractivity contribution is 5.75. The van der Waals surface area contributed by atoms with Gasteiger partial charge in [-0.05, 0) is 12.5 Å². The van der Waals surface area contributed by atoms with Gasteiger partial charge in [0.05, 0.1) is 12.5 Å². The number of ether oxygens (including phenoxy) is 1. The number of carbonyl (C=O) groups excluding carboxylic acids is 1. The molecule has 3 nitrogen and oxygen atoms in total. The third-order valence-electron chi connectivity index (χ3n) is 3.61. The van der Waals surface area contributed by atoms with Crippen molar-refractivity contribution in [3.63, 3.8) is 0 Å². The summed E-state index contributed by atoms with van der Waals surface area (Å²) >= 11 is 0. The van der Waals surface area contributed by atoms with E-state index in [-0.39, 0.29) is 17.3 Å². The van der Waals surface area contributed by atoms with Gasteiger partial charge in [0.15, 0.2) is 0 Å². The number of esters is 1. The van der Waals surface area contributed by atoms with Gasteiger partial charge in [-0.2, -0.15) is 0 Å². The molecule has 1 saturated heterocycles. The number of nitrogens with one attached hydrogen (secondary N) is 1. The predicted molar refractivity (Wildman–Crippen MR) is 66.8 cm³/mol. The van der Waals surface area contributed by atoms with Crippen molar-refractivity contribution in [3.8, 4) is 0 Å². The van der Waals surface area contributed by atoms with Gasteiger partial charge in [0.2, 0.25) is 0 Å². The first-order valence-corrected chi connectivity index (χ1v) is 6.11. The monoisotopic (exact) mass is 233 g/mol. The fraction of sp³-hybridized carbons (Fsp3) is 0.500. The van der Waals surface area contributed by atoms with Crippen LogP contribution in [0.2, 0.25) is 0 Å². The van der Waals surface area contributed by atoms with E-state index < -0.39 is 0 Å². The normalized spacial score (nSPS) is 28.0. The SMILES string of the molecule is CCOC(=O)[C@H]1CNC[C@@]1(C)c1ccccc1. The molecule has 0 amide bonds. The Morgan fingerprint density at radius 2 is 2.18 bits per heavy atom. The van der Waals surface area contributed by atoms with Crippen LogP contribution in [0.25, 0.3) is 0 Å². The molecule has 0 spiro atoms. The summed E-state index contributed by atoms with van der Waals surface area (Å²) in [5, 5.41) is 3.30. The van der Waals surface area contributed by atoms with E-state index in [4.69, 9.17) is 4.74 Å². The van der Waals surface area contributed by atoms with Crippen molar-refractivity contribution in [2.45, 2.75) is 19.3 Å². The summed E-state index contributed by atoms with van der Waals surface area (Å²) < 4.78 is 5.16. The number of carbonyl (C=O) groups is 1. The number of rotatable bonds is 3. The number of benzene rings is 1. The van der Waals surface area contributed by atoms with Crippen molar-refractivity contribution >= 4 is 5.97 Å². The summed E-state index contributed by atoms with van der Waals surface area (Å²) in [4.78, 5) is 12.0. The summed E-state index contributed by atoms with van der Waals surface area (Å²) in [6.07, 6.45) is 0. The number of hydrogen-bond acceptors (Lipinski definition) is 3. The molecule has 0 radical (unpaired) electrons. The fourth-order valence-corrected chi connectivity index (χ4v) is 2.53. The minimum atomic E-state index is -0.159. The first-order chi connectivity index (χ1) is 8.18. The fourth-order valence-electron chi connectivity index (χ4n) is 2.53. The second kappa shape index (κ2) is 4.88. The lowest BCUT2D eigenvalue weighted by Gasteiger charge is -2.29. The third kappa shape index (κ3) is 2.20. The first kappa shape index (κ1) is 12.1. The predicted octanol–water partition coefficient (Wildman–Crippen LogP) is 1.73. The second-order valence-electron chi connectivity index (χ2n) is 4.72. The van der Waals surface area contributed by atoms with Crippen LogP contribution >= 0.6 is 0 Å². The van der Waals surface area contributed by atoms with E-state index in [2.05, 4.69) is 24.4 Å². The van der Waals surface area contributed by atoms with E-state index in [1.54, 1.807) is 0 Å². The minimum absolute atomic E-state index is 0.0927. The van der Waals surface area contributed by atoms with Gasteiger partial charge in [0.1, 0.15) is 0 Å². The zero-order chi connectivity index (χ0) is 12.3. The van der Waals surface area contributed by atoms with Crippen molar-refractivity contribution < 1.29 is 9.53 Å². The molecule has 0 aromatic heterocycles. The highest BCUT2D eigenvalue weighted by Gasteiger charge is 2.45. The van der Waals surface area contributed by atoms with Crippen LogP contribution in [-0.4, -0.2) is 25.7 Å². The summed E-state index contributed by atoms with van der Waals surface area (Å²) in [5.74, 6) is -0.186. The van der Waals surface area contributed by atoms with E-state index in [1.807, 2.05) is 25.1 Å². The van der Waals surface area contributed by atoms with E-state index in [9.17, 15) is 4.79 Å². The Bertz CT molecular complexity index is 390. The average molecular weight is 233 g/mol. The Morgan fingerprint density at radius 1 is 1.47 bits per heavy atom. The van der Waals surface area contributed by atoms with Crippen LogP contribution < -0.4 is 5.32 Å². The second-order valence-corrected chi connectivity index (χ2v) is 4.72. The van der Waals surface area contributed by atoms with Gasteiger partial charge >= 0.3 is 5.97 Å². The Labute approximate surface area is 102 Å². The van der Waals surface area contributed by atoms with Crippen LogP contribution in [0.3, 0.4) is 0 Å². The minimum Gasteiger partial charge on any atom is -0.466 e. The molecule has 3 heteroatoms. The van der Waals surface area contributed by atoms with Crippen molar-refractivity contribution in [1.29, 1.82) is 0 Å². The largest absolute Gasteiger partial charge is 0.466 e. The summed E-state index contributed by atoms with van der Waals surface area (Å²) in [6, 6.07) is 10.2. The van der Waals surface area contributed by atoms with Crippen LogP contribution in [0.4, 0.5) is 0 Å². The van der Waals surface area contributed by atoms with Gasteiger partial charge in [-0.15, -0.1) is 0 Å². The molecule has 2 rings (SSSR count). The summed E-state index contributed by atoms with van der Waals surface area (Å²) in [5.41, 5.74) is 1.04. The van der Waals surface area contributed by atoms with Crippen LogP contribution in [0.15, 0.2) is 30.3 Å². The topological polar surface area (TPSA) is 38.3 Å². The smallest absolute Gasteiger partial charge is 0.311 e. The molecule has 1 heterocycles. The van der Waals surface area contributed by atoms with Gasteiger partial charge in [-0.1, -0.05) is 37.3 Å². The molecular formula is C14H19NO2. The summed E-state index contributed by atoms with van der Waals surface area (Å²) in [7, 11) is 0. The molecule has 92 valence electrons. The first-order valence-electron chi connectivity index (χ1n) is 6.11. The van der Waals surface area contributed by atoms with Crippen LogP contribution in [-0.2, 0) is 14.9 Å². The molecule has 1 aliphatic heterocycles. The van der Waals surface area contributed by atoms with Crippen LogP contribution in [0, 0.1) is 5.92 Å². The number of hydrogen-bond donors (Lipinski definition) is 1. The molecule has 1 N–H and O–H groups in total. The molecular weight excluding hydrogens is 214 g/mol. The molecule has 0 saturated carbocycles. The van der Waals surface area contributed by atoms with Crippen molar-refractivity contribution in [1.82, 2.24) is 5.32 Å². The molecule has 0 bridgehead atoms. The highest BCUT2D eigenvalue weighted by Crippen LogP contribution is 2.35. The van der Waals surface area contributed by atoms with Gasteiger partial charge in [0, 0.05) is 18.5 Å². The molecule has 1 aliphatic rings. The van der Waals surface area contributed by atoms with Gasteiger partial charge in [0.25, 0.3) is 0 Å². The van der Waals surface area contributed by atoms with E-state index in [0.29, 0.717) is 13.2 Å². The standard InChI is InChI=1S/C14H19NO2/c1-3-17-13(16)12-9-15-10-14(12,2)11-7-5-4-6-8-11/h4-8,12,15H,3,9-10H2,1-2H3/t12-,14+/m1/s1.